The Morgan fingerprint density at radius 3 is 2.85 bits per heavy atom. The molecule has 0 unspecified atom stereocenters. The minimum atomic E-state index is -0.619. The number of carbonyl (C=O) groups is 1. The maximum atomic E-state index is 12.0. The van der Waals surface area contributed by atoms with Gasteiger partial charge in [0.15, 0.2) is 0 Å². The smallest absolute Gasteiger partial charge is 0.282 e. The van der Waals surface area contributed by atoms with E-state index in [0.29, 0.717) is 5.69 Å². The molecule has 2 aromatic rings. The molecule has 1 amide bonds. The van der Waals surface area contributed by atoms with Crippen molar-refractivity contribution in [2.75, 3.05) is 0 Å². The van der Waals surface area contributed by atoms with E-state index < -0.39 is 10.8 Å². The molecule has 1 heterocycles. The van der Waals surface area contributed by atoms with Gasteiger partial charge in [-0.15, -0.1) is 0 Å². The maximum absolute atomic E-state index is 12.0. The second-order valence-electron chi connectivity index (χ2n) is 4.08. The molecule has 8 heteroatoms. The maximum Gasteiger partial charge on any atom is 0.282 e. The number of hydrogen-bond donors (Lipinski definition) is 1. The van der Waals surface area contributed by atoms with Gasteiger partial charge in [0, 0.05) is 24.3 Å². The van der Waals surface area contributed by atoms with Gasteiger partial charge < -0.3 is 5.32 Å². The highest BCUT2D eigenvalue weighted by atomic mass is 35.5. The number of rotatable bonds is 4. The molecule has 7 nitrogen and oxygen atoms in total. The van der Waals surface area contributed by atoms with Gasteiger partial charge in [-0.1, -0.05) is 11.6 Å². The van der Waals surface area contributed by atoms with Crippen molar-refractivity contribution >= 4 is 23.2 Å². The number of benzene rings is 1. The Hall–Kier alpha value is -2.41. The normalized spacial score (nSPS) is 10.3. The molecule has 0 atom stereocenters. The van der Waals surface area contributed by atoms with Crippen molar-refractivity contribution in [3.8, 4) is 0 Å². The minimum Gasteiger partial charge on any atom is -0.346 e. The third kappa shape index (κ3) is 3.12. The molecule has 1 aromatic heterocycles. The van der Waals surface area contributed by atoms with Crippen molar-refractivity contribution in [3.05, 3.63) is 56.9 Å². The summed E-state index contributed by atoms with van der Waals surface area (Å²) in [6.45, 7) is 0.184. The van der Waals surface area contributed by atoms with Gasteiger partial charge in [0.1, 0.15) is 5.56 Å². The van der Waals surface area contributed by atoms with E-state index in [-0.39, 0.29) is 22.8 Å². The lowest BCUT2D eigenvalue weighted by molar-refractivity contribution is -0.385. The molecule has 0 aliphatic rings. The van der Waals surface area contributed by atoms with Crippen LogP contribution in [0.2, 0.25) is 5.02 Å². The van der Waals surface area contributed by atoms with Crippen LogP contribution < -0.4 is 5.32 Å². The highest BCUT2D eigenvalue weighted by Gasteiger charge is 2.20. The summed E-state index contributed by atoms with van der Waals surface area (Å²) >= 11 is 5.77. The SMILES string of the molecule is Cn1ccc(CNC(=O)c2cc(Cl)ccc2[N+](=O)[O-])n1. The molecule has 0 spiro atoms. The van der Waals surface area contributed by atoms with Crippen LogP contribution in [0.1, 0.15) is 16.1 Å². The zero-order valence-corrected chi connectivity index (χ0v) is 11.3. The lowest BCUT2D eigenvalue weighted by atomic mass is 10.1. The average molecular weight is 295 g/mol. The van der Waals surface area contributed by atoms with Crippen LogP contribution in [-0.4, -0.2) is 20.6 Å². The minimum absolute atomic E-state index is 0.0709. The molecule has 1 aromatic carbocycles. The van der Waals surface area contributed by atoms with Crippen LogP contribution in [0.4, 0.5) is 5.69 Å². The summed E-state index contributed by atoms with van der Waals surface area (Å²) in [6.07, 6.45) is 1.74. The van der Waals surface area contributed by atoms with E-state index in [1.54, 1.807) is 24.0 Å². The topological polar surface area (TPSA) is 90.1 Å². The molecule has 0 saturated heterocycles. The van der Waals surface area contributed by atoms with Gasteiger partial charge in [-0.25, -0.2) is 0 Å². The Morgan fingerprint density at radius 2 is 2.25 bits per heavy atom. The van der Waals surface area contributed by atoms with Crippen LogP contribution in [0.5, 0.6) is 0 Å². The molecule has 0 fully saturated rings. The molecule has 0 aliphatic heterocycles. The number of amides is 1. The van der Waals surface area contributed by atoms with Crippen molar-refractivity contribution in [1.29, 1.82) is 0 Å². The van der Waals surface area contributed by atoms with E-state index in [0.717, 1.165) is 0 Å². The van der Waals surface area contributed by atoms with Crippen LogP contribution in [0.15, 0.2) is 30.5 Å². The van der Waals surface area contributed by atoms with Crippen LogP contribution >= 0.6 is 11.6 Å². The van der Waals surface area contributed by atoms with E-state index in [1.165, 1.54) is 18.2 Å². The number of carbonyl (C=O) groups excluding carboxylic acids is 1. The summed E-state index contributed by atoms with van der Waals surface area (Å²) < 4.78 is 1.60. The molecule has 0 bridgehead atoms. The molecular weight excluding hydrogens is 284 g/mol. The predicted octanol–water partition coefficient (Wildman–Crippen LogP) is 1.91. The van der Waals surface area contributed by atoms with Crippen molar-refractivity contribution in [2.24, 2.45) is 7.05 Å². The van der Waals surface area contributed by atoms with Gasteiger partial charge in [-0.3, -0.25) is 19.6 Å². The summed E-state index contributed by atoms with van der Waals surface area (Å²) in [5, 5.41) is 17.8. The second-order valence-corrected chi connectivity index (χ2v) is 4.52. The Bertz CT molecular complexity index is 668. The number of nitrogens with zero attached hydrogens (tertiary/aromatic N) is 3. The van der Waals surface area contributed by atoms with Gasteiger partial charge in [0.05, 0.1) is 17.2 Å². The fourth-order valence-corrected chi connectivity index (χ4v) is 1.84. The van der Waals surface area contributed by atoms with E-state index >= 15 is 0 Å². The highest BCUT2D eigenvalue weighted by molar-refractivity contribution is 6.31. The molecule has 1 N–H and O–H groups in total. The first-order valence-electron chi connectivity index (χ1n) is 5.68. The lowest BCUT2D eigenvalue weighted by Crippen LogP contribution is -2.24. The van der Waals surface area contributed by atoms with E-state index in [1.807, 2.05) is 0 Å². The number of aryl methyl sites for hydroxylation is 1. The fourth-order valence-electron chi connectivity index (χ4n) is 1.67. The monoisotopic (exact) mass is 294 g/mol. The lowest BCUT2D eigenvalue weighted by Gasteiger charge is -2.04. The standard InChI is InChI=1S/C12H11ClN4O3/c1-16-5-4-9(15-16)7-14-12(18)10-6-8(13)2-3-11(10)17(19)20/h2-6H,7H2,1H3,(H,14,18). The number of aromatic nitrogens is 2. The Labute approximate surface area is 119 Å². The molecule has 20 heavy (non-hydrogen) atoms. The second kappa shape index (κ2) is 5.70. The predicted molar refractivity (Wildman–Crippen MR) is 72.5 cm³/mol. The van der Waals surface area contributed by atoms with Crippen LogP contribution in [0.3, 0.4) is 0 Å². The fraction of sp³-hybridized carbons (Fsp3) is 0.167. The van der Waals surface area contributed by atoms with E-state index in [2.05, 4.69) is 10.4 Å². The van der Waals surface area contributed by atoms with Crippen molar-refractivity contribution in [3.63, 3.8) is 0 Å². The van der Waals surface area contributed by atoms with Gasteiger partial charge in [0.2, 0.25) is 0 Å². The summed E-state index contributed by atoms with van der Waals surface area (Å²) in [5.74, 6) is -0.565. The third-order valence-corrected chi connectivity index (χ3v) is 2.83. The largest absolute Gasteiger partial charge is 0.346 e. The number of nitro benzene ring substituents is 1. The average Bonchev–Trinajstić information content (AvgIpc) is 2.81. The Kier molecular flexibility index (Phi) is 3.99. The van der Waals surface area contributed by atoms with Gasteiger partial charge >= 0.3 is 0 Å². The Morgan fingerprint density at radius 1 is 1.50 bits per heavy atom. The number of nitro groups is 1. The van der Waals surface area contributed by atoms with Crippen molar-refractivity contribution in [1.82, 2.24) is 15.1 Å². The van der Waals surface area contributed by atoms with Crippen molar-refractivity contribution < 1.29 is 9.72 Å². The molecule has 2 rings (SSSR count). The van der Waals surface area contributed by atoms with Gasteiger partial charge in [0.25, 0.3) is 11.6 Å². The first-order chi connectivity index (χ1) is 9.47. The van der Waals surface area contributed by atoms with Crippen LogP contribution in [0.25, 0.3) is 0 Å². The van der Waals surface area contributed by atoms with Gasteiger partial charge in [-0.05, 0) is 18.2 Å². The van der Waals surface area contributed by atoms with Crippen molar-refractivity contribution in [2.45, 2.75) is 6.54 Å². The molecule has 0 saturated carbocycles. The van der Waals surface area contributed by atoms with E-state index in [4.69, 9.17) is 11.6 Å². The first-order valence-corrected chi connectivity index (χ1v) is 6.06. The summed E-state index contributed by atoms with van der Waals surface area (Å²) in [6, 6.07) is 5.59. The van der Waals surface area contributed by atoms with Crippen LogP contribution in [0, 0.1) is 10.1 Å². The molecule has 104 valence electrons. The van der Waals surface area contributed by atoms with E-state index in [9.17, 15) is 14.9 Å². The zero-order valence-electron chi connectivity index (χ0n) is 10.5. The molecule has 0 aliphatic carbocycles. The summed E-state index contributed by atoms with van der Waals surface area (Å²) in [4.78, 5) is 22.3. The molecular formula is C12H11ClN4O3. The zero-order chi connectivity index (χ0) is 14.7. The summed E-state index contributed by atoms with van der Waals surface area (Å²) in [5.41, 5.74) is 0.303. The van der Waals surface area contributed by atoms with Gasteiger partial charge in [-0.2, -0.15) is 5.10 Å². The highest BCUT2D eigenvalue weighted by Crippen LogP contribution is 2.22. The first kappa shape index (κ1) is 14.0. The number of nitrogens with one attached hydrogen (secondary N) is 1. The Balaban J connectivity index is 2.16. The van der Waals surface area contributed by atoms with Crippen LogP contribution in [-0.2, 0) is 13.6 Å². The number of hydrogen-bond acceptors (Lipinski definition) is 4. The summed E-state index contributed by atoms with van der Waals surface area (Å²) in [7, 11) is 1.76. The molecule has 0 radical (unpaired) electrons. The quantitative estimate of drug-likeness (QED) is 0.689. The third-order valence-electron chi connectivity index (χ3n) is 2.60. The number of halogens is 1.